The van der Waals surface area contributed by atoms with E-state index in [1.807, 2.05) is 0 Å². The van der Waals surface area contributed by atoms with E-state index in [0.717, 1.165) is 25.0 Å². The maximum absolute atomic E-state index is 11.8. The van der Waals surface area contributed by atoms with Gasteiger partial charge in [-0.2, -0.15) is 0 Å². The lowest BCUT2D eigenvalue weighted by molar-refractivity contribution is -0.181. The van der Waals surface area contributed by atoms with Crippen molar-refractivity contribution in [3.63, 3.8) is 0 Å². The highest BCUT2D eigenvalue weighted by Crippen LogP contribution is 2.89. The molecule has 9 atom stereocenters. The van der Waals surface area contributed by atoms with Gasteiger partial charge in [0.1, 0.15) is 12.4 Å². The van der Waals surface area contributed by atoms with E-state index in [1.165, 1.54) is 51.4 Å². The zero-order valence-electron chi connectivity index (χ0n) is 20.8. The molecule has 2 spiro atoms. The third kappa shape index (κ3) is 2.53. The lowest BCUT2D eigenvalue weighted by Crippen LogP contribution is -2.58. The summed E-state index contributed by atoms with van der Waals surface area (Å²) in [6.45, 7) is 13.9. The first-order valence-corrected chi connectivity index (χ1v) is 13.1. The number of aldehydes is 1. The molecule has 2 unspecified atom stereocenters. The molecular weight excluding hydrogens is 384 g/mol. The van der Waals surface area contributed by atoms with Crippen molar-refractivity contribution < 1.29 is 14.3 Å². The topological polar surface area (TPSA) is 43.4 Å². The average molecular weight is 429 g/mol. The molecule has 0 aliphatic heterocycles. The Balaban J connectivity index is 1.45. The van der Waals surface area contributed by atoms with Crippen LogP contribution in [0.5, 0.6) is 0 Å². The molecule has 0 radical (unpaired) electrons. The van der Waals surface area contributed by atoms with Crippen LogP contribution in [0.25, 0.3) is 0 Å². The van der Waals surface area contributed by atoms with Crippen molar-refractivity contribution >= 4 is 12.3 Å². The van der Waals surface area contributed by atoms with Gasteiger partial charge in [-0.05, 0) is 103 Å². The fraction of sp³-hybridized carbons (Fsp3) is 0.929. The van der Waals surface area contributed by atoms with E-state index in [-0.39, 0.29) is 17.5 Å². The van der Waals surface area contributed by atoms with Crippen molar-refractivity contribution in [3.8, 4) is 0 Å². The maximum atomic E-state index is 11.8. The molecule has 0 N–H and O–H groups in total. The molecule has 5 fully saturated rings. The molecule has 3 heteroatoms. The fourth-order valence-corrected chi connectivity index (χ4v) is 11.0. The second kappa shape index (κ2) is 6.60. The summed E-state index contributed by atoms with van der Waals surface area (Å²) in [5, 5.41) is 0. The first kappa shape index (κ1) is 22.0. The number of carbonyl (C=O) groups is 2. The van der Waals surface area contributed by atoms with Crippen LogP contribution in [-0.2, 0) is 14.3 Å². The van der Waals surface area contributed by atoms with Gasteiger partial charge in [-0.25, -0.2) is 0 Å². The molecule has 0 amide bonds. The zero-order valence-corrected chi connectivity index (χ0v) is 20.8. The average Bonchev–Trinajstić information content (AvgIpc) is 3.27. The van der Waals surface area contributed by atoms with Crippen LogP contribution in [-0.4, -0.2) is 18.4 Å². The molecule has 31 heavy (non-hydrogen) atoms. The van der Waals surface area contributed by atoms with Crippen LogP contribution in [0.2, 0.25) is 0 Å². The minimum atomic E-state index is -0.115. The largest absolute Gasteiger partial charge is 0.462 e. The van der Waals surface area contributed by atoms with E-state index in [4.69, 9.17) is 4.74 Å². The summed E-state index contributed by atoms with van der Waals surface area (Å²) >= 11 is 0. The molecule has 5 rings (SSSR count). The van der Waals surface area contributed by atoms with Gasteiger partial charge < -0.3 is 9.53 Å². The Morgan fingerprint density at radius 1 is 0.935 bits per heavy atom. The SMILES string of the molecule is CC(=O)O[C@H]1CC[C@]23C[C@]24CC[C@]2(C)[C@@H]([C@H](C)CC=O)CC[C@@]2(C)C4CCC3C1(C)C. The zero-order chi connectivity index (χ0) is 22.4. The third-order valence-corrected chi connectivity index (χ3v) is 12.6. The van der Waals surface area contributed by atoms with Crippen molar-refractivity contribution in [1.29, 1.82) is 0 Å². The smallest absolute Gasteiger partial charge is 0.302 e. The summed E-state index contributed by atoms with van der Waals surface area (Å²) in [6.07, 6.45) is 13.7. The van der Waals surface area contributed by atoms with Crippen LogP contribution in [0, 0.1) is 50.7 Å². The number of ether oxygens (including phenoxy) is 1. The Morgan fingerprint density at radius 3 is 2.29 bits per heavy atom. The van der Waals surface area contributed by atoms with E-state index in [0.29, 0.717) is 39.4 Å². The van der Waals surface area contributed by atoms with Gasteiger partial charge in [0.05, 0.1) is 0 Å². The highest BCUT2D eigenvalue weighted by molar-refractivity contribution is 5.66. The van der Waals surface area contributed by atoms with Crippen molar-refractivity contribution in [2.24, 2.45) is 50.7 Å². The van der Waals surface area contributed by atoms with E-state index in [1.54, 1.807) is 6.92 Å². The molecular formula is C28H44O3. The fourth-order valence-electron chi connectivity index (χ4n) is 11.0. The van der Waals surface area contributed by atoms with Crippen LogP contribution in [0.3, 0.4) is 0 Å². The molecule has 5 aliphatic rings. The second-order valence-corrected chi connectivity index (χ2v) is 13.5. The minimum absolute atomic E-state index is 0.0801. The van der Waals surface area contributed by atoms with Crippen molar-refractivity contribution in [1.82, 2.24) is 0 Å². The summed E-state index contributed by atoms with van der Waals surface area (Å²) < 4.78 is 5.85. The van der Waals surface area contributed by atoms with E-state index < -0.39 is 0 Å². The number of rotatable bonds is 4. The van der Waals surface area contributed by atoms with Crippen LogP contribution in [0.4, 0.5) is 0 Å². The van der Waals surface area contributed by atoms with Gasteiger partial charge in [0.25, 0.3) is 0 Å². The van der Waals surface area contributed by atoms with Crippen LogP contribution in [0.15, 0.2) is 0 Å². The monoisotopic (exact) mass is 428 g/mol. The molecule has 5 aliphatic carbocycles. The van der Waals surface area contributed by atoms with Crippen molar-refractivity contribution in [3.05, 3.63) is 0 Å². The molecule has 0 saturated heterocycles. The Morgan fingerprint density at radius 2 is 1.61 bits per heavy atom. The molecule has 0 heterocycles. The summed E-state index contributed by atoms with van der Waals surface area (Å²) in [5.41, 5.74) is 1.90. The molecule has 5 saturated carbocycles. The molecule has 0 aromatic carbocycles. The highest BCUT2D eigenvalue weighted by atomic mass is 16.5. The van der Waals surface area contributed by atoms with Gasteiger partial charge in [0, 0.05) is 18.8 Å². The summed E-state index contributed by atoms with van der Waals surface area (Å²) in [5.74, 6) is 2.62. The maximum Gasteiger partial charge on any atom is 0.302 e. The Hall–Kier alpha value is -0.860. The second-order valence-electron chi connectivity index (χ2n) is 13.5. The van der Waals surface area contributed by atoms with Crippen LogP contribution < -0.4 is 0 Å². The lowest BCUT2D eigenvalue weighted by atomic mass is 9.41. The normalized spacial score (nSPS) is 52.7. The molecule has 0 bridgehead atoms. The quantitative estimate of drug-likeness (QED) is 0.375. The molecule has 0 aromatic rings. The number of hydrogen-bond acceptors (Lipinski definition) is 3. The Labute approximate surface area is 189 Å². The van der Waals surface area contributed by atoms with Crippen molar-refractivity contribution in [2.75, 3.05) is 0 Å². The number of carbonyl (C=O) groups excluding carboxylic acids is 2. The predicted octanol–water partition coefficient (Wildman–Crippen LogP) is 6.58. The van der Waals surface area contributed by atoms with Gasteiger partial charge in [-0.1, -0.05) is 34.6 Å². The predicted molar refractivity (Wildman–Crippen MR) is 122 cm³/mol. The minimum Gasteiger partial charge on any atom is -0.462 e. The van der Waals surface area contributed by atoms with Gasteiger partial charge >= 0.3 is 5.97 Å². The molecule has 174 valence electrons. The van der Waals surface area contributed by atoms with Crippen LogP contribution in [0.1, 0.15) is 106 Å². The van der Waals surface area contributed by atoms with Gasteiger partial charge in [-0.3, -0.25) is 4.79 Å². The third-order valence-electron chi connectivity index (χ3n) is 12.6. The summed E-state index contributed by atoms with van der Waals surface area (Å²) in [6, 6.07) is 0. The first-order chi connectivity index (χ1) is 14.5. The van der Waals surface area contributed by atoms with Gasteiger partial charge in [0.15, 0.2) is 0 Å². The lowest BCUT2D eigenvalue weighted by Gasteiger charge is -2.63. The van der Waals surface area contributed by atoms with E-state index >= 15 is 0 Å². The molecule has 0 aromatic heterocycles. The Bertz CT molecular complexity index is 787. The summed E-state index contributed by atoms with van der Waals surface area (Å²) in [7, 11) is 0. The molecule has 3 nitrogen and oxygen atoms in total. The summed E-state index contributed by atoms with van der Waals surface area (Å²) in [4.78, 5) is 23.0. The van der Waals surface area contributed by atoms with Gasteiger partial charge in [0.2, 0.25) is 0 Å². The highest BCUT2D eigenvalue weighted by Gasteiger charge is 2.82. The Kier molecular flexibility index (Phi) is 4.67. The number of esters is 1. The van der Waals surface area contributed by atoms with E-state index in [9.17, 15) is 9.59 Å². The first-order valence-electron chi connectivity index (χ1n) is 13.1. The van der Waals surface area contributed by atoms with E-state index in [2.05, 4.69) is 34.6 Å². The number of hydrogen-bond donors (Lipinski definition) is 0. The standard InChI is InChI=1S/C28H44O3/c1-18(11-16-29)20-9-12-26(6)22-8-7-21-24(3,4)23(31-19(2)30)10-13-27(21)17-28(22,27)15-14-25(20,26)5/h16,18,20-23H,7-15,17H2,1-6H3/t18-,20-,21?,22?,23+,25-,26+,27-,28+/m1/s1. The van der Waals surface area contributed by atoms with Gasteiger partial charge in [-0.15, -0.1) is 0 Å². The van der Waals surface area contributed by atoms with Crippen LogP contribution >= 0.6 is 0 Å². The number of fused-ring (bicyclic) bond motifs is 2. The van der Waals surface area contributed by atoms with Crippen molar-refractivity contribution in [2.45, 2.75) is 112 Å².